The first-order valence-electron chi connectivity index (χ1n) is 11.7. The minimum absolute atomic E-state index is 0.331. The van der Waals surface area contributed by atoms with Crippen molar-refractivity contribution in [3.63, 3.8) is 0 Å². The fourth-order valence-electron chi connectivity index (χ4n) is 5.65. The molecule has 29 heavy (non-hydrogen) atoms. The summed E-state index contributed by atoms with van der Waals surface area (Å²) in [5.74, 6) is -3.08. The van der Waals surface area contributed by atoms with Gasteiger partial charge in [-0.1, -0.05) is 65.2 Å². The first-order chi connectivity index (χ1) is 14.0. The lowest BCUT2D eigenvalue weighted by atomic mass is 9.58. The van der Waals surface area contributed by atoms with Crippen LogP contribution in [0.2, 0.25) is 0 Å². The fraction of sp³-hybridized carbons (Fsp3) is 0.826. The second kappa shape index (κ2) is 9.40. The second-order valence-corrected chi connectivity index (χ2v) is 9.08. The smallest absolute Gasteiger partial charge is 0.242 e. The van der Waals surface area contributed by atoms with Crippen molar-refractivity contribution in [1.82, 2.24) is 9.80 Å². The van der Waals surface area contributed by atoms with E-state index in [0.717, 1.165) is 64.2 Å². The molecule has 3 aliphatic rings. The zero-order chi connectivity index (χ0) is 21.0. The fourth-order valence-corrected chi connectivity index (χ4v) is 5.65. The summed E-state index contributed by atoms with van der Waals surface area (Å²) in [6.07, 6.45) is 10.6. The van der Waals surface area contributed by atoms with Crippen molar-refractivity contribution in [2.45, 2.75) is 90.9 Å². The molecule has 3 fully saturated rings. The predicted molar refractivity (Wildman–Crippen MR) is 110 cm³/mol. The Morgan fingerprint density at radius 1 is 0.655 bits per heavy atom. The van der Waals surface area contributed by atoms with Crippen molar-refractivity contribution in [3.05, 3.63) is 0 Å². The summed E-state index contributed by atoms with van der Waals surface area (Å²) in [4.78, 5) is 55.9. The number of imide groups is 2. The number of likely N-dealkylation sites (tertiary alicyclic amines) is 2. The van der Waals surface area contributed by atoms with Crippen molar-refractivity contribution >= 4 is 23.6 Å². The Kier molecular flexibility index (Phi) is 7.12. The van der Waals surface area contributed by atoms with E-state index in [1.165, 1.54) is 9.80 Å². The molecular weight excluding hydrogens is 368 g/mol. The van der Waals surface area contributed by atoms with E-state index in [1.54, 1.807) is 0 Å². The number of carbonyl (C=O) groups is 4. The van der Waals surface area contributed by atoms with Gasteiger partial charge in [-0.3, -0.25) is 29.0 Å². The Labute approximate surface area is 174 Å². The molecule has 1 saturated carbocycles. The molecule has 2 aliphatic heterocycles. The number of nitrogens with zero attached hydrogens (tertiary/aromatic N) is 2. The first-order valence-corrected chi connectivity index (χ1v) is 11.7. The lowest BCUT2D eigenvalue weighted by Crippen LogP contribution is -2.71. The Morgan fingerprint density at radius 2 is 1.03 bits per heavy atom. The van der Waals surface area contributed by atoms with Crippen LogP contribution in [0.3, 0.4) is 0 Å². The number of hydrogen-bond donors (Lipinski definition) is 0. The van der Waals surface area contributed by atoms with Crippen LogP contribution in [-0.2, 0) is 19.2 Å². The molecule has 1 aliphatic carbocycles. The van der Waals surface area contributed by atoms with E-state index in [2.05, 4.69) is 13.8 Å². The third-order valence-corrected chi connectivity index (χ3v) is 7.21. The maximum absolute atomic E-state index is 13.4. The zero-order valence-corrected chi connectivity index (χ0v) is 18.1. The van der Waals surface area contributed by atoms with Crippen LogP contribution in [-0.4, -0.2) is 46.5 Å². The van der Waals surface area contributed by atoms with E-state index >= 15 is 0 Å². The molecule has 6 nitrogen and oxygen atoms in total. The average Bonchev–Trinajstić information content (AvgIpc) is 3.15. The van der Waals surface area contributed by atoms with Gasteiger partial charge in [-0.25, -0.2) is 0 Å². The van der Waals surface area contributed by atoms with Crippen LogP contribution < -0.4 is 0 Å². The monoisotopic (exact) mass is 404 g/mol. The van der Waals surface area contributed by atoms with Crippen LogP contribution in [0.25, 0.3) is 0 Å². The van der Waals surface area contributed by atoms with Gasteiger partial charge in [0.05, 0.1) is 0 Å². The molecule has 0 aromatic heterocycles. The van der Waals surface area contributed by atoms with Crippen molar-refractivity contribution in [1.29, 1.82) is 0 Å². The lowest BCUT2D eigenvalue weighted by molar-refractivity contribution is -0.186. The van der Waals surface area contributed by atoms with Gasteiger partial charge in [0, 0.05) is 18.5 Å². The Hall–Kier alpha value is -1.72. The SMILES string of the molecule is CCCCCCN1C(=O)C2C(=O)N(CCCCCC)C(=O)C(C1=O)C21CCCC1. The summed E-state index contributed by atoms with van der Waals surface area (Å²) in [5, 5.41) is 0. The summed E-state index contributed by atoms with van der Waals surface area (Å²) < 4.78 is 0. The summed E-state index contributed by atoms with van der Waals surface area (Å²) in [6.45, 7) is 4.88. The number of rotatable bonds is 10. The minimum Gasteiger partial charge on any atom is -0.281 e. The molecule has 0 unspecified atom stereocenters. The van der Waals surface area contributed by atoms with Gasteiger partial charge in [0.15, 0.2) is 0 Å². The van der Waals surface area contributed by atoms with Crippen LogP contribution in [0.4, 0.5) is 0 Å². The number of carbonyl (C=O) groups excluding carboxylic acids is 4. The van der Waals surface area contributed by atoms with Crippen LogP contribution in [0.1, 0.15) is 90.9 Å². The maximum Gasteiger partial charge on any atom is 0.242 e. The van der Waals surface area contributed by atoms with Gasteiger partial charge in [-0.05, 0) is 25.7 Å². The molecule has 0 atom stereocenters. The molecule has 1 spiro atoms. The van der Waals surface area contributed by atoms with E-state index in [-0.39, 0.29) is 23.6 Å². The van der Waals surface area contributed by atoms with Crippen LogP contribution in [0.5, 0.6) is 0 Å². The minimum atomic E-state index is -0.845. The standard InChI is InChI=1S/C23H36N2O4/c1-3-5-7-11-15-24-19(26)17-21(28)25(16-12-8-6-4-2)22(29)18(20(24)27)23(17)13-9-10-14-23/h17-18H,3-16H2,1-2H3. The molecule has 0 aromatic rings. The Bertz CT molecular complexity index is 571. The third-order valence-electron chi connectivity index (χ3n) is 7.21. The molecule has 6 heteroatoms. The summed E-state index contributed by atoms with van der Waals surface area (Å²) in [6, 6.07) is 0. The lowest BCUT2D eigenvalue weighted by Gasteiger charge is -2.52. The second-order valence-electron chi connectivity index (χ2n) is 9.08. The van der Waals surface area contributed by atoms with Crippen LogP contribution in [0, 0.1) is 17.3 Å². The van der Waals surface area contributed by atoms with Gasteiger partial charge in [-0.2, -0.15) is 0 Å². The number of unbranched alkanes of at least 4 members (excludes halogenated alkanes) is 6. The van der Waals surface area contributed by atoms with Crippen molar-refractivity contribution in [2.75, 3.05) is 13.1 Å². The molecule has 2 heterocycles. The third kappa shape index (κ3) is 3.87. The van der Waals surface area contributed by atoms with Crippen molar-refractivity contribution in [3.8, 4) is 0 Å². The summed E-state index contributed by atoms with van der Waals surface area (Å²) >= 11 is 0. The van der Waals surface area contributed by atoms with Crippen LogP contribution in [0.15, 0.2) is 0 Å². The summed E-state index contributed by atoms with van der Waals surface area (Å²) in [5.41, 5.74) is -0.762. The largest absolute Gasteiger partial charge is 0.281 e. The molecule has 4 amide bonds. The highest BCUT2D eigenvalue weighted by molar-refractivity contribution is 6.22. The number of piperidine rings is 2. The normalized spacial score (nSPS) is 26.1. The van der Waals surface area contributed by atoms with E-state index in [0.29, 0.717) is 25.9 Å². The zero-order valence-electron chi connectivity index (χ0n) is 18.1. The highest BCUT2D eigenvalue weighted by atomic mass is 16.2. The van der Waals surface area contributed by atoms with E-state index in [9.17, 15) is 19.2 Å². The van der Waals surface area contributed by atoms with Gasteiger partial charge in [0.25, 0.3) is 0 Å². The molecule has 2 saturated heterocycles. The molecule has 0 radical (unpaired) electrons. The van der Waals surface area contributed by atoms with Gasteiger partial charge in [0.1, 0.15) is 11.8 Å². The van der Waals surface area contributed by atoms with Crippen LogP contribution >= 0.6 is 0 Å². The average molecular weight is 405 g/mol. The van der Waals surface area contributed by atoms with Crippen molar-refractivity contribution < 1.29 is 19.2 Å². The molecular formula is C23H36N2O4. The predicted octanol–water partition coefficient (Wildman–Crippen LogP) is 3.68. The van der Waals surface area contributed by atoms with E-state index < -0.39 is 17.3 Å². The topological polar surface area (TPSA) is 74.8 Å². The summed E-state index contributed by atoms with van der Waals surface area (Å²) in [7, 11) is 0. The first kappa shape index (κ1) is 22.0. The van der Waals surface area contributed by atoms with Crippen molar-refractivity contribution in [2.24, 2.45) is 17.3 Å². The molecule has 0 aromatic carbocycles. The molecule has 2 bridgehead atoms. The number of amides is 4. The maximum atomic E-state index is 13.4. The highest BCUT2D eigenvalue weighted by Gasteiger charge is 2.68. The Morgan fingerprint density at radius 3 is 1.38 bits per heavy atom. The molecule has 3 rings (SSSR count). The highest BCUT2D eigenvalue weighted by Crippen LogP contribution is 2.56. The van der Waals surface area contributed by atoms with Gasteiger partial charge in [0.2, 0.25) is 23.6 Å². The molecule has 162 valence electrons. The quantitative estimate of drug-likeness (QED) is 0.316. The Balaban J connectivity index is 1.84. The van der Waals surface area contributed by atoms with E-state index in [4.69, 9.17) is 0 Å². The van der Waals surface area contributed by atoms with Gasteiger partial charge < -0.3 is 0 Å². The molecule has 0 N–H and O–H groups in total. The van der Waals surface area contributed by atoms with Gasteiger partial charge in [-0.15, -0.1) is 0 Å². The number of hydrogen-bond acceptors (Lipinski definition) is 4. The van der Waals surface area contributed by atoms with E-state index in [1.807, 2.05) is 0 Å². The van der Waals surface area contributed by atoms with Gasteiger partial charge >= 0.3 is 0 Å².